The molecule has 0 aliphatic heterocycles. The number of thiazole rings is 1. The largest absolute Gasteiger partial charge is 0.360 e. The minimum absolute atomic E-state index is 0.0211. The van der Waals surface area contributed by atoms with Crippen LogP contribution < -0.4 is 5.32 Å². The summed E-state index contributed by atoms with van der Waals surface area (Å²) in [4.78, 5) is 14.8. The SMILES string of the molecule is Cc1ccc(N/C=C(\C#N)c2nc(-c3ccc([N+](=O)[O-])cc3)cs2)cc1Cl. The van der Waals surface area contributed by atoms with Gasteiger partial charge in [-0.05, 0) is 36.8 Å². The van der Waals surface area contributed by atoms with Gasteiger partial charge in [-0.25, -0.2) is 4.98 Å². The van der Waals surface area contributed by atoms with Gasteiger partial charge in [0.05, 0.1) is 10.6 Å². The first kappa shape index (κ1) is 18.6. The monoisotopic (exact) mass is 396 g/mol. The summed E-state index contributed by atoms with van der Waals surface area (Å²) in [5.41, 5.74) is 3.55. The molecule has 1 N–H and O–H groups in total. The number of nitro benzene ring substituents is 1. The average molecular weight is 397 g/mol. The number of hydrogen-bond donors (Lipinski definition) is 1. The number of aryl methyl sites for hydroxylation is 1. The molecule has 0 saturated carbocycles. The molecule has 0 spiro atoms. The van der Waals surface area contributed by atoms with Crippen LogP contribution in [-0.2, 0) is 0 Å². The first-order chi connectivity index (χ1) is 13.0. The molecule has 0 saturated heterocycles. The minimum Gasteiger partial charge on any atom is -0.360 e. The zero-order chi connectivity index (χ0) is 19.4. The molecule has 0 aliphatic carbocycles. The van der Waals surface area contributed by atoms with E-state index >= 15 is 0 Å². The van der Waals surface area contributed by atoms with Crippen molar-refractivity contribution in [2.45, 2.75) is 6.92 Å². The Balaban J connectivity index is 1.81. The summed E-state index contributed by atoms with van der Waals surface area (Å²) in [7, 11) is 0. The number of nitrogens with one attached hydrogen (secondary N) is 1. The Morgan fingerprint density at radius 2 is 2.07 bits per heavy atom. The molecule has 8 heteroatoms. The van der Waals surface area contributed by atoms with E-state index in [1.54, 1.807) is 24.4 Å². The Hall–Kier alpha value is -3.21. The Bertz CT molecular complexity index is 1070. The molecule has 134 valence electrons. The first-order valence-electron chi connectivity index (χ1n) is 7.81. The topological polar surface area (TPSA) is 91.8 Å². The third kappa shape index (κ3) is 4.31. The van der Waals surface area contributed by atoms with E-state index in [0.717, 1.165) is 16.8 Å². The van der Waals surface area contributed by atoms with E-state index in [1.165, 1.54) is 23.5 Å². The van der Waals surface area contributed by atoms with Crippen LogP contribution in [0.15, 0.2) is 54.0 Å². The molecule has 3 rings (SSSR count). The van der Waals surface area contributed by atoms with Gasteiger partial charge in [0.1, 0.15) is 16.6 Å². The zero-order valence-corrected chi connectivity index (χ0v) is 15.7. The van der Waals surface area contributed by atoms with Crippen LogP contribution in [0, 0.1) is 28.4 Å². The van der Waals surface area contributed by atoms with Gasteiger partial charge in [0.2, 0.25) is 0 Å². The highest BCUT2D eigenvalue weighted by atomic mass is 35.5. The maximum absolute atomic E-state index is 10.7. The minimum atomic E-state index is -0.449. The number of benzene rings is 2. The second-order valence-corrected chi connectivity index (χ2v) is 6.89. The summed E-state index contributed by atoms with van der Waals surface area (Å²) < 4.78 is 0. The van der Waals surface area contributed by atoms with Gasteiger partial charge in [0, 0.05) is 40.0 Å². The second-order valence-electron chi connectivity index (χ2n) is 5.62. The van der Waals surface area contributed by atoms with E-state index in [-0.39, 0.29) is 5.69 Å². The molecule has 0 atom stereocenters. The van der Waals surface area contributed by atoms with Crippen molar-refractivity contribution in [2.24, 2.45) is 0 Å². The number of aromatic nitrogens is 1. The summed E-state index contributed by atoms with van der Waals surface area (Å²) in [6, 6.07) is 13.8. The number of nitriles is 1. The van der Waals surface area contributed by atoms with Gasteiger partial charge in [-0.3, -0.25) is 10.1 Å². The molecule has 1 aromatic heterocycles. The quantitative estimate of drug-likeness (QED) is 0.341. The van der Waals surface area contributed by atoms with Gasteiger partial charge in [0.15, 0.2) is 0 Å². The molecule has 0 unspecified atom stereocenters. The summed E-state index contributed by atoms with van der Waals surface area (Å²) in [5.74, 6) is 0. The van der Waals surface area contributed by atoms with Crippen molar-refractivity contribution in [3.63, 3.8) is 0 Å². The third-order valence-electron chi connectivity index (χ3n) is 3.78. The van der Waals surface area contributed by atoms with Crippen molar-refractivity contribution >= 4 is 39.9 Å². The van der Waals surface area contributed by atoms with Crippen LogP contribution in [0.25, 0.3) is 16.8 Å². The third-order valence-corrected chi connectivity index (χ3v) is 5.07. The second kappa shape index (κ2) is 7.99. The summed E-state index contributed by atoms with van der Waals surface area (Å²) in [5, 5.41) is 26.2. The highest BCUT2D eigenvalue weighted by Crippen LogP contribution is 2.27. The van der Waals surface area contributed by atoms with Crippen LogP contribution in [-0.4, -0.2) is 9.91 Å². The van der Waals surface area contributed by atoms with E-state index in [1.807, 2.05) is 24.4 Å². The zero-order valence-electron chi connectivity index (χ0n) is 14.1. The standard InChI is InChI=1S/C19H13ClN4O2S/c1-12-2-5-15(8-17(12)20)22-10-14(9-21)19-23-18(11-27-19)13-3-6-16(7-4-13)24(25)26/h2-8,10-11,22H,1H3/b14-10+. The number of halogens is 1. The molecule has 1 heterocycles. The number of non-ortho nitro benzene ring substituents is 1. The predicted octanol–water partition coefficient (Wildman–Crippen LogP) is 5.66. The van der Waals surface area contributed by atoms with Gasteiger partial charge in [-0.15, -0.1) is 11.3 Å². The Morgan fingerprint density at radius 3 is 2.70 bits per heavy atom. The van der Waals surface area contributed by atoms with Crippen LogP contribution in [0.3, 0.4) is 0 Å². The molecule has 3 aromatic rings. The van der Waals surface area contributed by atoms with E-state index in [4.69, 9.17) is 11.6 Å². The van der Waals surface area contributed by atoms with Gasteiger partial charge in [-0.1, -0.05) is 17.7 Å². The number of nitro groups is 1. The summed E-state index contributed by atoms with van der Waals surface area (Å²) in [6.45, 7) is 1.91. The fourth-order valence-corrected chi connectivity index (χ4v) is 3.24. The van der Waals surface area contributed by atoms with E-state index in [9.17, 15) is 15.4 Å². The predicted molar refractivity (Wildman–Crippen MR) is 108 cm³/mol. The molecular formula is C19H13ClN4O2S. The first-order valence-corrected chi connectivity index (χ1v) is 9.07. The summed E-state index contributed by atoms with van der Waals surface area (Å²) >= 11 is 7.43. The molecule has 0 bridgehead atoms. The van der Waals surface area contributed by atoms with Crippen LogP contribution in [0.4, 0.5) is 11.4 Å². The molecule has 0 amide bonds. The number of allylic oxidation sites excluding steroid dienone is 1. The molecule has 27 heavy (non-hydrogen) atoms. The Labute approximate surface area is 164 Å². The van der Waals surface area contributed by atoms with Gasteiger partial charge in [0.25, 0.3) is 5.69 Å². The Kier molecular flexibility index (Phi) is 5.50. The van der Waals surface area contributed by atoms with Gasteiger partial charge < -0.3 is 5.32 Å². The van der Waals surface area contributed by atoms with Crippen LogP contribution >= 0.6 is 22.9 Å². The van der Waals surface area contributed by atoms with Crippen LogP contribution in [0.1, 0.15) is 10.6 Å². The lowest BCUT2D eigenvalue weighted by Gasteiger charge is -2.04. The number of rotatable bonds is 5. The maximum atomic E-state index is 10.7. The Morgan fingerprint density at radius 1 is 1.33 bits per heavy atom. The molecule has 2 aromatic carbocycles. The van der Waals surface area contributed by atoms with Crippen molar-refractivity contribution < 1.29 is 4.92 Å². The van der Waals surface area contributed by atoms with Gasteiger partial charge in [-0.2, -0.15) is 5.26 Å². The number of anilines is 1. The van der Waals surface area contributed by atoms with Crippen molar-refractivity contribution in [3.8, 4) is 17.3 Å². The lowest BCUT2D eigenvalue weighted by molar-refractivity contribution is -0.384. The highest BCUT2D eigenvalue weighted by Gasteiger charge is 2.11. The van der Waals surface area contributed by atoms with E-state index in [0.29, 0.717) is 21.3 Å². The normalized spacial score (nSPS) is 11.1. The maximum Gasteiger partial charge on any atom is 0.269 e. The smallest absolute Gasteiger partial charge is 0.269 e. The average Bonchev–Trinajstić information content (AvgIpc) is 3.15. The lowest BCUT2D eigenvalue weighted by Crippen LogP contribution is -1.92. The lowest BCUT2D eigenvalue weighted by atomic mass is 10.1. The summed E-state index contributed by atoms with van der Waals surface area (Å²) in [6.07, 6.45) is 1.58. The molecular weight excluding hydrogens is 384 g/mol. The van der Waals surface area contributed by atoms with E-state index < -0.39 is 4.92 Å². The molecule has 0 aliphatic rings. The number of nitrogens with zero attached hydrogens (tertiary/aromatic N) is 3. The number of hydrogen-bond acceptors (Lipinski definition) is 6. The van der Waals surface area contributed by atoms with Crippen LogP contribution in [0.5, 0.6) is 0 Å². The molecule has 6 nitrogen and oxygen atoms in total. The van der Waals surface area contributed by atoms with Crippen molar-refractivity contribution in [2.75, 3.05) is 5.32 Å². The highest BCUT2D eigenvalue weighted by molar-refractivity contribution is 7.11. The molecule has 0 fully saturated rings. The van der Waals surface area contributed by atoms with Crippen molar-refractivity contribution in [3.05, 3.63) is 79.8 Å². The van der Waals surface area contributed by atoms with Gasteiger partial charge >= 0.3 is 0 Å². The van der Waals surface area contributed by atoms with Crippen molar-refractivity contribution in [1.82, 2.24) is 4.98 Å². The fourth-order valence-electron chi connectivity index (χ4n) is 2.26. The van der Waals surface area contributed by atoms with Crippen molar-refractivity contribution in [1.29, 1.82) is 5.26 Å². The van der Waals surface area contributed by atoms with E-state index in [2.05, 4.69) is 16.4 Å². The molecule has 0 radical (unpaired) electrons. The fraction of sp³-hybridized carbons (Fsp3) is 0.0526. The van der Waals surface area contributed by atoms with Crippen LogP contribution in [0.2, 0.25) is 5.02 Å².